The second kappa shape index (κ2) is 8.02. The predicted molar refractivity (Wildman–Crippen MR) is 73.6 cm³/mol. The van der Waals surface area contributed by atoms with E-state index in [0.717, 1.165) is 5.57 Å². The Bertz CT molecular complexity index is 451. The fourth-order valence-corrected chi connectivity index (χ4v) is 1.41. The Kier molecular flexibility index (Phi) is 6.29. The van der Waals surface area contributed by atoms with Crippen molar-refractivity contribution >= 4 is 11.8 Å². The van der Waals surface area contributed by atoms with Gasteiger partial charge >= 0.3 is 0 Å². The quantitative estimate of drug-likeness (QED) is 0.598. The first kappa shape index (κ1) is 14.9. The molecule has 0 bridgehead atoms. The highest BCUT2D eigenvalue weighted by molar-refractivity contribution is 5.93. The van der Waals surface area contributed by atoms with Gasteiger partial charge in [-0.3, -0.25) is 14.6 Å². The van der Waals surface area contributed by atoms with E-state index < -0.39 is 0 Å². The molecule has 2 amide bonds. The summed E-state index contributed by atoms with van der Waals surface area (Å²) in [5, 5.41) is 5.52. The van der Waals surface area contributed by atoms with Crippen LogP contribution >= 0.6 is 0 Å². The molecule has 0 atom stereocenters. The molecule has 0 aliphatic rings. The molecule has 5 heteroatoms. The first-order valence-corrected chi connectivity index (χ1v) is 6.20. The van der Waals surface area contributed by atoms with E-state index in [1.807, 2.05) is 13.8 Å². The maximum Gasteiger partial charge on any atom is 0.252 e. The van der Waals surface area contributed by atoms with E-state index in [1.165, 1.54) is 6.20 Å². The van der Waals surface area contributed by atoms with Gasteiger partial charge in [-0.1, -0.05) is 5.57 Å². The Hall–Kier alpha value is -2.17. The van der Waals surface area contributed by atoms with Gasteiger partial charge in [0.2, 0.25) is 5.91 Å². The minimum Gasteiger partial charge on any atom is -0.352 e. The van der Waals surface area contributed by atoms with Gasteiger partial charge in [0.05, 0.1) is 5.56 Å². The molecule has 19 heavy (non-hydrogen) atoms. The number of nitrogens with zero attached hydrogens (tertiary/aromatic N) is 1. The normalized spacial score (nSPS) is 9.58. The molecule has 1 heterocycles. The topological polar surface area (TPSA) is 71.1 Å². The summed E-state index contributed by atoms with van der Waals surface area (Å²) in [5.74, 6) is -0.248. The first-order valence-electron chi connectivity index (χ1n) is 6.20. The van der Waals surface area contributed by atoms with Gasteiger partial charge in [0, 0.05) is 31.6 Å². The van der Waals surface area contributed by atoms with Gasteiger partial charge in [0.15, 0.2) is 0 Å². The summed E-state index contributed by atoms with van der Waals surface area (Å²) in [6.45, 7) is 4.79. The lowest BCUT2D eigenvalue weighted by Gasteiger charge is -2.05. The molecule has 0 saturated heterocycles. The number of rotatable bonds is 6. The zero-order valence-electron chi connectivity index (χ0n) is 11.3. The molecule has 0 spiro atoms. The first-order chi connectivity index (χ1) is 9.09. The van der Waals surface area contributed by atoms with Crippen molar-refractivity contribution < 1.29 is 9.59 Å². The van der Waals surface area contributed by atoms with Crippen LogP contribution in [0.5, 0.6) is 0 Å². The van der Waals surface area contributed by atoms with Crippen LogP contribution in [-0.4, -0.2) is 29.9 Å². The summed E-state index contributed by atoms with van der Waals surface area (Å²) < 4.78 is 0. The Morgan fingerprint density at radius 1 is 1.26 bits per heavy atom. The number of aromatic nitrogens is 1. The van der Waals surface area contributed by atoms with Crippen LogP contribution in [0.1, 0.15) is 30.6 Å². The van der Waals surface area contributed by atoms with Crippen LogP contribution in [0, 0.1) is 0 Å². The zero-order chi connectivity index (χ0) is 14.1. The lowest BCUT2D eigenvalue weighted by atomic mass is 10.2. The molecular formula is C14H19N3O2. The van der Waals surface area contributed by atoms with Gasteiger partial charge in [-0.25, -0.2) is 0 Å². The highest BCUT2D eigenvalue weighted by Crippen LogP contribution is 1.94. The van der Waals surface area contributed by atoms with Crippen LogP contribution < -0.4 is 10.6 Å². The second-order valence-corrected chi connectivity index (χ2v) is 4.36. The summed E-state index contributed by atoms with van der Waals surface area (Å²) in [6.07, 6.45) is 5.38. The molecule has 2 N–H and O–H groups in total. The van der Waals surface area contributed by atoms with Gasteiger partial charge < -0.3 is 10.6 Å². The molecule has 0 radical (unpaired) electrons. The van der Waals surface area contributed by atoms with E-state index in [1.54, 1.807) is 24.4 Å². The van der Waals surface area contributed by atoms with Crippen molar-refractivity contribution in [2.75, 3.05) is 13.1 Å². The maximum atomic E-state index is 11.6. The molecule has 102 valence electrons. The molecule has 5 nitrogen and oxygen atoms in total. The van der Waals surface area contributed by atoms with Crippen molar-refractivity contribution in [3.8, 4) is 0 Å². The van der Waals surface area contributed by atoms with E-state index in [-0.39, 0.29) is 11.8 Å². The van der Waals surface area contributed by atoms with Crippen LogP contribution in [0.4, 0.5) is 0 Å². The molecular weight excluding hydrogens is 242 g/mol. The van der Waals surface area contributed by atoms with E-state index in [2.05, 4.69) is 15.6 Å². The average molecular weight is 261 g/mol. The number of pyridine rings is 1. The Balaban J connectivity index is 2.16. The summed E-state index contributed by atoms with van der Waals surface area (Å²) in [6, 6.07) is 3.42. The van der Waals surface area contributed by atoms with Crippen molar-refractivity contribution in [2.24, 2.45) is 0 Å². The van der Waals surface area contributed by atoms with Crippen LogP contribution in [0.2, 0.25) is 0 Å². The summed E-state index contributed by atoms with van der Waals surface area (Å²) >= 11 is 0. The zero-order valence-corrected chi connectivity index (χ0v) is 11.3. The SMILES string of the molecule is CC(C)=CC(=O)NCCCNC(=O)c1cccnc1. The third-order valence-electron chi connectivity index (χ3n) is 2.28. The molecule has 1 rings (SSSR count). The smallest absolute Gasteiger partial charge is 0.252 e. The van der Waals surface area contributed by atoms with Gasteiger partial charge in [-0.2, -0.15) is 0 Å². The fourth-order valence-electron chi connectivity index (χ4n) is 1.41. The number of hydrogen-bond acceptors (Lipinski definition) is 3. The lowest BCUT2D eigenvalue weighted by molar-refractivity contribution is -0.116. The van der Waals surface area contributed by atoms with Crippen molar-refractivity contribution in [3.63, 3.8) is 0 Å². The molecule has 0 saturated carbocycles. The molecule has 0 aromatic carbocycles. The van der Waals surface area contributed by atoms with E-state index in [9.17, 15) is 9.59 Å². The summed E-state index contributed by atoms with van der Waals surface area (Å²) in [5.41, 5.74) is 1.50. The maximum absolute atomic E-state index is 11.6. The predicted octanol–water partition coefficient (Wildman–Crippen LogP) is 1.28. The van der Waals surface area contributed by atoms with E-state index in [4.69, 9.17) is 0 Å². The molecule has 0 unspecified atom stereocenters. The number of allylic oxidation sites excluding steroid dienone is 1. The Labute approximate surface area is 113 Å². The van der Waals surface area contributed by atoms with Gasteiger partial charge in [-0.15, -0.1) is 0 Å². The van der Waals surface area contributed by atoms with Gasteiger partial charge in [0.1, 0.15) is 0 Å². The molecule has 0 fully saturated rings. The molecule has 0 aliphatic heterocycles. The third-order valence-corrected chi connectivity index (χ3v) is 2.28. The Morgan fingerprint density at radius 2 is 2.00 bits per heavy atom. The Morgan fingerprint density at radius 3 is 2.63 bits per heavy atom. The monoisotopic (exact) mass is 261 g/mol. The summed E-state index contributed by atoms with van der Waals surface area (Å²) in [4.78, 5) is 26.8. The largest absolute Gasteiger partial charge is 0.352 e. The summed E-state index contributed by atoms with van der Waals surface area (Å²) in [7, 11) is 0. The fraction of sp³-hybridized carbons (Fsp3) is 0.357. The van der Waals surface area contributed by atoms with Gasteiger partial charge in [0.25, 0.3) is 5.91 Å². The molecule has 1 aromatic heterocycles. The number of hydrogen-bond donors (Lipinski definition) is 2. The van der Waals surface area contributed by atoms with E-state index >= 15 is 0 Å². The second-order valence-electron chi connectivity index (χ2n) is 4.36. The van der Waals surface area contributed by atoms with E-state index in [0.29, 0.717) is 25.1 Å². The van der Waals surface area contributed by atoms with Crippen molar-refractivity contribution in [1.82, 2.24) is 15.6 Å². The average Bonchev–Trinajstić information content (AvgIpc) is 2.38. The van der Waals surface area contributed by atoms with Crippen molar-refractivity contribution in [2.45, 2.75) is 20.3 Å². The standard InChI is InChI=1S/C14H19N3O2/c1-11(2)9-13(18)16-7-4-8-17-14(19)12-5-3-6-15-10-12/h3,5-6,9-10H,4,7-8H2,1-2H3,(H,16,18)(H,17,19). The lowest BCUT2D eigenvalue weighted by Crippen LogP contribution is -2.29. The highest BCUT2D eigenvalue weighted by atomic mass is 16.2. The number of nitrogens with one attached hydrogen (secondary N) is 2. The number of carbonyl (C=O) groups is 2. The van der Waals surface area contributed by atoms with Crippen LogP contribution in [-0.2, 0) is 4.79 Å². The van der Waals surface area contributed by atoms with Crippen molar-refractivity contribution in [1.29, 1.82) is 0 Å². The minimum atomic E-state index is -0.149. The van der Waals surface area contributed by atoms with Crippen LogP contribution in [0.15, 0.2) is 36.2 Å². The van der Waals surface area contributed by atoms with Crippen LogP contribution in [0.3, 0.4) is 0 Å². The van der Waals surface area contributed by atoms with Gasteiger partial charge in [-0.05, 0) is 32.4 Å². The molecule has 1 aromatic rings. The third kappa shape index (κ3) is 6.35. The number of carbonyl (C=O) groups excluding carboxylic acids is 2. The van der Waals surface area contributed by atoms with Crippen molar-refractivity contribution in [3.05, 3.63) is 41.7 Å². The highest BCUT2D eigenvalue weighted by Gasteiger charge is 2.03. The number of amides is 2. The van der Waals surface area contributed by atoms with Crippen LogP contribution in [0.25, 0.3) is 0 Å². The minimum absolute atomic E-state index is 0.0985. The molecule has 0 aliphatic carbocycles.